The Bertz CT molecular complexity index is 287. The van der Waals surface area contributed by atoms with E-state index in [9.17, 15) is 0 Å². The van der Waals surface area contributed by atoms with Gasteiger partial charge >= 0.3 is 0 Å². The SMILES string of the molecule is CC(C)CNCC1(CN2CC(C)CCC2C)CCOC1. The van der Waals surface area contributed by atoms with E-state index in [4.69, 9.17) is 4.74 Å². The van der Waals surface area contributed by atoms with Crippen LogP contribution in [0.3, 0.4) is 0 Å². The van der Waals surface area contributed by atoms with E-state index in [0.29, 0.717) is 5.41 Å². The molecule has 2 heterocycles. The third-order valence-corrected chi connectivity index (χ3v) is 5.02. The summed E-state index contributed by atoms with van der Waals surface area (Å²) < 4.78 is 5.75. The zero-order valence-electron chi connectivity index (χ0n) is 14.0. The molecule has 2 fully saturated rings. The van der Waals surface area contributed by atoms with Gasteiger partial charge in [-0.05, 0) is 44.6 Å². The summed E-state index contributed by atoms with van der Waals surface area (Å²) in [5.74, 6) is 1.58. The lowest BCUT2D eigenvalue weighted by Gasteiger charge is -2.42. The molecule has 0 aromatic heterocycles. The van der Waals surface area contributed by atoms with Crippen LogP contribution in [-0.2, 0) is 4.74 Å². The number of hydrogen-bond acceptors (Lipinski definition) is 3. The quantitative estimate of drug-likeness (QED) is 0.811. The summed E-state index contributed by atoms with van der Waals surface area (Å²) in [6, 6.07) is 0.744. The first-order valence-corrected chi connectivity index (χ1v) is 8.53. The minimum Gasteiger partial charge on any atom is -0.381 e. The highest BCUT2D eigenvalue weighted by atomic mass is 16.5. The van der Waals surface area contributed by atoms with Gasteiger partial charge in [0.25, 0.3) is 0 Å². The van der Waals surface area contributed by atoms with Gasteiger partial charge in [-0.15, -0.1) is 0 Å². The fourth-order valence-corrected chi connectivity index (χ4v) is 3.63. The zero-order valence-corrected chi connectivity index (χ0v) is 14.0. The molecule has 3 unspecified atom stereocenters. The number of piperidine rings is 1. The van der Waals surface area contributed by atoms with E-state index in [1.54, 1.807) is 0 Å². The molecule has 0 aromatic carbocycles. The summed E-state index contributed by atoms with van der Waals surface area (Å²) in [6.45, 7) is 16.0. The highest BCUT2D eigenvalue weighted by Gasteiger charge is 2.38. The highest BCUT2D eigenvalue weighted by molar-refractivity contribution is 4.91. The standard InChI is InChI=1S/C17H34N2O/c1-14(2)9-18-11-17(7-8-20-13-17)12-19-10-15(3)5-6-16(19)4/h14-16,18H,5-13H2,1-4H3. The zero-order chi connectivity index (χ0) is 14.6. The first-order valence-electron chi connectivity index (χ1n) is 8.53. The summed E-state index contributed by atoms with van der Waals surface area (Å²) in [6.07, 6.45) is 3.97. The first-order chi connectivity index (χ1) is 9.51. The Hall–Kier alpha value is -0.120. The minimum atomic E-state index is 0.347. The lowest BCUT2D eigenvalue weighted by Crippen LogP contribution is -2.50. The second-order valence-corrected chi connectivity index (χ2v) is 7.79. The molecule has 0 bridgehead atoms. The molecule has 3 nitrogen and oxygen atoms in total. The summed E-state index contributed by atoms with van der Waals surface area (Å²) in [7, 11) is 0. The molecule has 20 heavy (non-hydrogen) atoms. The monoisotopic (exact) mass is 282 g/mol. The topological polar surface area (TPSA) is 24.5 Å². The van der Waals surface area contributed by atoms with E-state index in [0.717, 1.165) is 44.2 Å². The largest absolute Gasteiger partial charge is 0.381 e. The third kappa shape index (κ3) is 4.44. The van der Waals surface area contributed by atoms with Crippen LogP contribution in [0, 0.1) is 17.3 Å². The van der Waals surface area contributed by atoms with Crippen molar-refractivity contribution >= 4 is 0 Å². The van der Waals surface area contributed by atoms with E-state index in [2.05, 4.69) is 37.9 Å². The fraction of sp³-hybridized carbons (Fsp3) is 1.00. The van der Waals surface area contributed by atoms with Crippen molar-refractivity contribution in [1.29, 1.82) is 0 Å². The first kappa shape index (κ1) is 16.3. The van der Waals surface area contributed by atoms with Crippen molar-refractivity contribution in [2.24, 2.45) is 17.3 Å². The molecule has 3 heteroatoms. The van der Waals surface area contributed by atoms with Gasteiger partial charge in [0, 0.05) is 37.7 Å². The van der Waals surface area contributed by atoms with Crippen molar-refractivity contribution in [2.75, 3.05) is 39.4 Å². The Balaban J connectivity index is 1.90. The lowest BCUT2D eigenvalue weighted by atomic mass is 9.84. The van der Waals surface area contributed by atoms with Gasteiger partial charge in [-0.1, -0.05) is 20.8 Å². The van der Waals surface area contributed by atoms with Gasteiger partial charge in [0.2, 0.25) is 0 Å². The van der Waals surface area contributed by atoms with Gasteiger partial charge in [0.05, 0.1) is 6.61 Å². The summed E-state index contributed by atoms with van der Waals surface area (Å²) in [5, 5.41) is 3.68. The van der Waals surface area contributed by atoms with E-state index >= 15 is 0 Å². The maximum Gasteiger partial charge on any atom is 0.0547 e. The van der Waals surface area contributed by atoms with Gasteiger partial charge in [0.1, 0.15) is 0 Å². The van der Waals surface area contributed by atoms with Crippen LogP contribution in [0.4, 0.5) is 0 Å². The number of nitrogens with one attached hydrogen (secondary N) is 1. The van der Waals surface area contributed by atoms with Crippen molar-refractivity contribution in [2.45, 2.75) is 53.0 Å². The smallest absolute Gasteiger partial charge is 0.0547 e. The Labute approximate surface area is 125 Å². The van der Waals surface area contributed by atoms with Crippen molar-refractivity contribution in [3.63, 3.8) is 0 Å². The summed E-state index contributed by atoms with van der Waals surface area (Å²) >= 11 is 0. The summed E-state index contributed by atoms with van der Waals surface area (Å²) in [4.78, 5) is 2.72. The van der Waals surface area contributed by atoms with Crippen LogP contribution in [0.1, 0.15) is 47.0 Å². The number of nitrogens with zero attached hydrogens (tertiary/aromatic N) is 1. The van der Waals surface area contributed by atoms with Crippen LogP contribution in [0.15, 0.2) is 0 Å². The van der Waals surface area contributed by atoms with Crippen LogP contribution in [0.25, 0.3) is 0 Å². The normalized spacial score (nSPS) is 35.9. The van der Waals surface area contributed by atoms with Gasteiger partial charge in [0.15, 0.2) is 0 Å². The average molecular weight is 282 g/mol. The third-order valence-electron chi connectivity index (χ3n) is 5.02. The van der Waals surface area contributed by atoms with E-state index < -0.39 is 0 Å². The Morgan fingerprint density at radius 3 is 2.75 bits per heavy atom. The molecule has 2 aliphatic heterocycles. The molecule has 3 atom stereocenters. The number of ether oxygens (including phenoxy) is 1. The maximum atomic E-state index is 5.75. The van der Waals surface area contributed by atoms with Gasteiger partial charge < -0.3 is 10.1 Å². The Morgan fingerprint density at radius 1 is 1.30 bits per heavy atom. The highest BCUT2D eigenvalue weighted by Crippen LogP contribution is 2.32. The van der Waals surface area contributed by atoms with Crippen LogP contribution >= 0.6 is 0 Å². The molecule has 0 amide bonds. The van der Waals surface area contributed by atoms with Gasteiger partial charge in [-0.2, -0.15) is 0 Å². The van der Waals surface area contributed by atoms with Crippen LogP contribution < -0.4 is 5.32 Å². The average Bonchev–Trinajstić information content (AvgIpc) is 2.82. The van der Waals surface area contributed by atoms with Crippen molar-refractivity contribution in [1.82, 2.24) is 10.2 Å². The molecule has 0 aliphatic carbocycles. The predicted octanol–water partition coefficient (Wildman–Crippen LogP) is 2.76. The molecule has 1 N–H and O–H groups in total. The number of likely N-dealkylation sites (tertiary alicyclic amines) is 1. The molecule has 0 aromatic rings. The number of rotatable bonds is 6. The van der Waals surface area contributed by atoms with Gasteiger partial charge in [-0.3, -0.25) is 4.90 Å². The molecule has 2 saturated heterocycles. The molecular weight excluding hydrogens is 248 g/mol. The van der Waals surface area contributed by atoms with E-state index in [1.165, 1.54) is 32.4 Å². The maximum absolute atomic E-state index is 5.75. The van der Waals surface area contributed by atoms with Crippen LogP contribution in [0.2, 0.25) is 0 Å². The fourth-order valence-electron chi connectivity index (χ4n) is 3.63. The van der Waals surface area contributed by atoms with Crippen molar-refractivity contribution in [3.8, 4) is 0 Å². The second kappa shape index (κ2) is 7.24. The van der Waals surface area contributed by atoms with E-state index in [1.807, 2.05) is 0 Å². The Morgan fingerprint density at radius 2 is 2.10 bits per heavy atom. The Kier molecular flexibility index (Phi) is 5.88. The molecule has 0 spiro atoms. The van der Waals surface area contributed by atoms with Crippen molar-refractivity contribution in [3.05, 3.63) is 0 Å². The van der Waals surface area contributed by atoms with Crippen LogP contribution in [-0.4, -0.2) is 50.3 Å². The predicted molar refractivity (Wildman–Crippen MR) is 85.0 cm³/mol. The van der Waals surface area contributed by atoms with Crippen molar-refractivity contribution < 1.29 is 4.74 Å². The molecule has 118 valence electrons. The van der Waals surface area contributed by atoms with Crippen LogP contribution in [0.5, 0.6) is 0 Å². The lowest BCUT2D eigenvalue weighted by molar-refractivity contribution is 0.0551. The number of hydrogen-bond donors (Lipinski definition) is 1. The molecule has 0 radical (unpaired) electrons. The molecule has 0 saturated carbocycles. The second-order valence-electron chi connectivity index (χ2n) is 7.79. The van der Waals surface area contributed by atoms with Gasteiger partial charge in [-0.25, -0.2) is 0 Å². The minimum absolute atomic E-state index is 0.347. The summed E-state index contributed by atoms with van der Waals surface area (Å²) in [5.41, 5.74) is 0.347. The molecular formula is C17H34N2O. The molecule has 2 rings (SSSR count). The molecule has 2 aliphatic rings. The van der Waals surface area contributed by atoms with E-state index in [-0.39, 0.29) is 0 Å².